The van der Waals surface area contributed by atoms with Crippen molar-refractivity contribution in [3.05, 3.63) is 47.7 Å². The number of benzene rings is 1. The van der Waals surface area contributed by atoms with Crippen LogP contribution in [0.25, 0.3) is 0 Å². The first kappa shape index (κ1) is 12.9. The lowest BCUT2D eigenvalue weighted by Gasteiger charge is -2.15. The summed E-state index contributed by atoms with van der Waals surface area (Å²) in [4.78, 5) is 10.8. The molecule has 0 saturated carbocycles. The monoisotopic (exact) mass is 264 g/mol. The third-order valence-corrected chi connectivity index (χ3v) is 2.71. The Morgan fingerprint density at radius 2 is 2.26 bits per heavy atom. The van der Waals surface area contributed by atoms with Crippen LogP contribution in [0.3, 0.4) is 0 Å². The highest BCUT2D eigenvalue weighted by Crippen LogP contribution is 2.27. The molecule has 0 fully saturated rings. The van der Waals surface area contributed by atoms with Crippen molar-refractivity contribution < 1.29 is 18.7 Å². The summed E-state index contributed by atoms with van der Waals surface area (Å²) in [5.74, 6) is -1.52. The van der Waals surface area contributed by atoms with E-state index < -0.39 is 17.3 Å². The zero-order chi connectivity index (χ0) is 14.0. The smallest absolute Gasteiger partial charge is 0.338 e. The first-order chi connectivity index (χ1) is 8.99. The molecular formula is C13H13FN2O3. The summed E-state index contributed by atoms with van der Waals surface area (Å²) in [6.07, 6.45) is 1.53. The third-order valence-electron chi connectivity index (χ3n) is 2.71. The van der Waals surface area contributed by atoms with Crippen LogP contribution in [0.15, 0.2) is 34.9 Å². The molecule has 19 heavy (non-hydrogen) atoms. The number of hydrogen-bond acceptors (Lipinski definition) is 4. The van der Waals surface area contributed by atoms with Crippen LogP contribution in [-0.2, 0) is 0 Å². The lowest BCUT2D eigenvalue weighted by Crippen LogP contribution is -2.10. The number of nitrogen functional groups attached to an aromatic ring is 1. The van der Waals surface area contributed by atoms with Gasteiger partial charge in [0.2, 0.25) is 0 Å². The Morgan fingerprint density at radius 1 is 1.53 bits per heavy atom. The maximum Gasteiger partial charge on any atom is 0.338 e. The van der Waals surface area contributed by atoms with Crippen LogP contribution in [0.2, 0.25) is 0 Å². The van der Waals surface area contributed by atoms with E-state index in [1.54, 1.807) is 12.1 Å². The van der Waals surface area contributed by atoms with E-state index >= 15 is 0 Å². The number of anilines is 2. The molecule has 1 atom stereocenters. The fraction of sp³-hybridized carbons (Fsp3) is 0.154. The van der Waals surface area contributed by atoms with Gasteiger partial charge in [0.25, 0.3) is 0 Å². The van der Waals surface area contributed by atoms with Crippen molar-refractivity contribution in [2.45, 2.75) is 13.0 Å². The Morgan fingerprint density at radius 3 is 2.84 bits per heavy atom. The number of halogens is 1. The van der Waals surface area contributed by atoms with Crippen molar-refractivity contribution in [1.82, 2.24) is 0 Å². The Hall–Kier alpha value is -2.50. The summed E-state index contributed by atoms with van der Waals surface area (Å²) in [6, 6.07) is 5.46. The SMILES string of the molecule is CC(Nc1cc(F)c(C(=O)O)cc1N)c1ccco1. The Balaban J connectivity index is 2.26. The molecule has 0 saturated heterocycles. The van der Waals surface area contributed by atoms with Gasteiger partial charge in [-0.3, -0.25) is 0 Å². The second-order valence-electron chi connectivity index (χ2n) is 4.11. The van der Waals surface area contributed by atoms with Crippen molar-refractivity contribution in [3.63, 3.8) is 0 Å². The predicted octanol–water partition coefficient (Wildman–Crippen LogP) is 2.87. The minimum Gasteiger partial charge on any atom is -0.478 e. The van der Waals surface area contributed by atoms with Crippen LogP contribution in [0.5, 0.6) is 0 Å². The first-order valence-electron chi connectivity index (χ1n) is 5.61. The van der Waals surface area contributed by atoms with Crippen molar-refractivity contribution in [1.29, 1.82) is 0 Å². The summed E-state index contributed by atoms with van der Waals surface area (Å²) in [5.41, 5.74) is 5.75. The van der Waals surface area contributed by atoms with E-state index in [0.29, 0.717) is 11.4 Å². The molecule has 0 amide bonds. The van der Waals surface area contributed by atoms with Gasteiger partial charge in [-0.1, -0.05) is 0 Å². The van der Waals surface area contributed by atoms with Crippen LogP contribution in [0, 0.1) is 5.82 Å². The third kappa shape index (κ3) is 2.67. The van der Waals surface area contributed by atoms with Crippen LogP contribution in [0.1, 0.15) is 29.1 Å². The summed E-state index contributed by atoms with van der Waals surface area (Å²) in [6.45, 7) is 1.82. The molecule has 2 rings (SSSR count). The van der Waals surface area contributed by atoms with E-state index in [1.807, 2.05) is 6.92 Å². The summed E-state index contributed by atoms with van der Waals surface area (Å²) >= 11 is 0. The Bertz CT molecular complexity index is 596. The maximum atomic E-state index is 13.6. The van der Waals surface area contributed by atoms with Gasteiger partial charge in [0.05, 0.1) is 29.2 Å². The molecule has 100 valence electrons. The van der Waals surface area contributed by atoms with Gasteiger partial charge in [0.15, 0.2) is 0 Å². The first-order valence-corrected chi connectivity index (χ1v) is 5.61. The second-order valence-corrected chi connectivity index (χ2v) is 4.11. The lowest BCUT2D eigenvalue weighted by molar-refractivity contribution is 0.0692. The van der Waals surface area contributed by atoms with E-state index in [4.69, 9.17) is 15.3 Å². The number of nitrogens with one attached hydrogen (secondary N) is 1. The van der Waals surface area contributed by atoms with Crippen molar-refractivity contribution in [3.8, 4) is 0 Å². The number of hydrogen-bond donors (Lipinski definition) is 3. The number of aromatic carboxylic acids is 1. The highest BCUT2D eigenvalue weighted by atomic mass is 19.1. The Labute approximate surface area is 108 Å². The van der Waals surface area contributed by atoms with Crippen LogP contribution in [0.4, 0.5) is 15.8 Å². The van der Waals surface area contributed by atoms with Crippen molar-refractivity contribution in [2.75, 3.05) is 11.1 Å². The molecule has 0 aliphatic heterocycles. The van der Waals surface area contributed by atoms with Gasteiger partial charge in [-0.05, 0) is 31.2 Å². The molecule has 1 aromatic heterocycles. The zero-order valence-electron chi connectivity index (χ0n) is 10.2. The minimum absolute atomic E-state index is 0.164. The average molecular weight is 264 g/mol. The van der Waals surface area contributed by atoms with Gasteiger partial charge < -0.3 is 20.6 Å². The summed E-state index contributed by atoms with van der Waals surface area (Å²) in [5, 5.41) is 11.7. The molecule has 4 N–H and O–H groups in total. The number of carboxylic acid groups (broad SMARTS) is 1. The minimum atomic E-state index is -1.35. The number of carboxylic acids is 1. The standard InChI is InChI=1S/C13H13FN2O3/c1-7(12-3-2-4-19-12)16-11-6-9(14)8(13(17)18)5-10(11)15/h2-7,16H,15H2,1H3,(H,17,18). The topological polar surface area (TPSA) is 88.5 Å². The molecule has 0 aliphatic carbocycles. The zero-order valence-corrected chi connectivity index (χ0v) is 10.2. The average Bonchev–Trinajstić information content (AvgIpc) is 2.86. The molecule has 1 aromatic carbocycles. The molecule has 0 radical (unpaired) electrons. The molecule has 0 bridgehead atoms. The Kier molecular flexibility index (Phi) is 3.41. The predicted molar refractivity (Wildman–Crippen MR) is 68.5 cm³/mol. The van der Waals surface area contributed by atoms with Crippen LogP contribution < -0.4 is 11.1 Å². The molecule has 6 heteroatoms. The lowest BCUT2D eigenvalue weighted by atomic mass is 10.1. The molecule has 1 heterocycles. The normalized spacial score (nSPS) is 12.1. The van der Waals surface area contributed by atoms with Crippen molar-refractivity contribution in [2.24, 2.45) is 0 Å². The number of nitrogens with two attached hydrogens (primary N) is 1. The summed E-state index contributed by atoms with van der Waals surface area (Å²) < 4.78 is 18.8. The van der Waals surface area contributed by atoms with E-state index in [1.165, 1.54) is 6.26 Å². The van der Waals surface area contributed by atoms with Gasteiger partial charge in [-0.15, -0.1) is 0 Å². The number of rotatable bonds is 4. The van der Waals surface area contributed by atoms with E-state index in [2.05, 4.69) is 5.32 Å². The molecule has 5 nitrogen and oxygen atoms in total. The van der Waals surface area contributed by atoms with Gasteiger partial charge in [-0.25, -0.2) is 9.18 Å². The molecular weight excluding hydrogens is 251 g/mol. The highest BCUT2D eigenvalue weighted by molar-refractivity contribution is 5.90. The van der Waals surface area contributed by atoms with Crippen LogP contribution in [-0.4, -0.2) is 11.1 Å². The molecule has 0 aliphatic rings. The summed E-state index contributed by atoms with van der Waals surface area (Å²) in [7, 11) is 0. The number of furan rings is 1. The van der Waals surface area contributed by atoms with Gasteiger partial charge in [0.1, 0.15) is 11.6 Å². The second kappa shape index (κ2) is 5.01. The molecule has 1 unspecified atom stereocenters. The van der Waals surface area contributed by atoms with Gasteiger partial charge in [-0.2, -0.15) is 0 Å². The van der Waals surface area contributed by atoms with Gasteiger partial charge in [0, 0.05) is 0 Å². The quantitative estimate of drug-likeness (QED) is 0.739. The van der Waals surface area contributed by atoms with E-state index in [-0.39, 0.29) is 11.7 Å². The van der Waals surface area contributed by atoms with Gasteiger partial charge >= 0.3 is 5.97 Å². The van der Waals surface area contributed by atoms with Crippen LogP contribution >= 0.6 is 0 Å². The fourth-order valence-corrected chi connectivity index (χ4v) is 1.72. The van der Waals surface area contributed by atoms with Crippen molar-refractivity contribution >= 4 is 17.3 Å². The molecule has 0 spiro atoms. The number of carbonyl (C=O) groups is 1. The highest BCUT2D eigenvalue weighted by Gasteiger charge is 2.16. The van der Waals surface area contributed by atoms with E-state index in [0.717, 1.165) is 12.1 Å². The van der Waals surface area contributed by atoms with E-state index in [9.17, 15) is 9.18 Å². The largest absolute Gasteiger partial charge is 0.478 e. The maximum absolute atomic E-state index is 13.6. The molecule has 2 aromatic rings. The fourth-order valence-electron chi connectivity index (χ4n) is 1.72.